The maximum absolute atomic E-state index is 13.0. The normalized spacial score (nSPS) is 12.6. The smallest absolute Gasteiger partial charge is 0.341 e. The molecule has 0 amide bonds. The number of carbonyl (C=O) groups excluding carboxylic acids is 3. The molecule has 5 nitrogen and oxygen atoms in total. The number of esters is 1. The number of fused-ring (bicyclic) bond motifs is 4. The van der Waals surface area contributed by atoms with Crippen LogP contribution >= 0.6 is 0 Å². The summed E-state index contributed by atoms with van der Waals surface area (Å²) < 4.78 is 6.73. The van der Waals surface area contributed by atoms with Crippen molar-refractivity contribution in [2.24, 2.45) is 0 Å². The van der Waals surface area contributed by atoms with E-state index in [9.17, 15) is 14.4 Å². The highest BCUT2D eigenvalue weighted by molar-refractivity contribution is 6.31. The Balaban J connectivity index is 2.06. The number of benzene rings is 1. The Hall–Kier alpha value is -3.47. The van der Waals surface area contributed by atoms with E-state index in [0.717, 1.165) is 0 Å². The highest BCUT2D eigenvalue weighted by atomic mass is 16.5. The van der Waals surface area contributed by atoms with Crippen LogP contribution < -0.4 is 0 Å². The molecule has 0 N–H and O–H groups in total. The first kappa shape index (κ1) is 15.1. The van der Waals surface area contributed by atoms with Crippen molar-refractivity contribution in [3.63, 3.8) is 0 Å². The summed E-state index contributed by atoms with van der Waals surface area (Å²) in [7, 11) is 0. The maximum atomic E-state index is 13.0. The van der Waals surface area contributed by atoms with E-state index in [1.807, 2.05) is 0 Å². The van der Waals surface area contributed by atoms with Crippen LogP contribution in [-0.2, 0) is 4.74 Å². The van der Waals surface area contributed by atoms with Gasteiger partial charge in [-0.3, -0.25) is 9.59 Å². The first-order valence-corrected chi connectivity index (χ1v) is 7.74. The van der Waals surface area contributed by atoms with Gasteiger partial charge in [-0.05, 0) is 12.1 Å². The highest BCUT2D eigenvalue weighted by Crippen LogP contribution is 2.33. The quantitative estimate of drug-likeness (QED) is 0.427. The number of ketones is 2. The third-order valence-corrected chi connectivity index (χ3v) is 4.24. The lowest BCUT2D eigenvalue weighted by Gasteiger charge is -2.15. The van der Waals surface area contributed by atoms with E-state index >= 15 is 0 Å². The van der Waals surface area contributed by atoms with Crippen molar-refractivity contribution in [1.82, 2.24) is 4.40 Å². The van der Waals surface area contributed by atoms with Crippen molar-refractivity contribution < 1.29 is 19.1 Å². The number of carbonyl (C=O) groups is 3. The van der Waals surface area contributed by atoms with Crippen LogP contribution in [-0.4, -0.2) is 28.5 Å². The lowest BCUT2D eigenvalue weighted by Crippen LogP contribution is -2.23. The Morgan fingerprint density at radius 1 is 1.04 bits per heavy atom. The van der Waals surface area contributed by atoms with Gasteiger partial charge in [-0.2, -0.15) is 0 Å². The summed E-state index contributed by atoms with van der Waals surface area (Å²) in [5, 5.41) is 0. The number of hydrogen-bond donors (Lipinski definition) is 0. The summed E-state index contributed by atoms with van der Waals surface area (Å²) in [5.74, 6) is -1.28. The first-order valence-electron chi connectivity index (χ1n) is 7.74. The molecule has 4 rings (SSSR count). The molecule has 1 aliphatic carbocycles. The molecule has 2 heterocycles. The average molecular weight is 331 g/mol. The second-order valence-electron chi connectivity index (χ2n) is 5.65. The summed E-state index contributed by atoms with van der Waals surface area (Å²) in [5.41, 5.74) is 1.53. The third kappa shape index (κ3) is 2.06. The number of nitrogens with zero attached hydrogens (tertiary/aromatic N) is 1. The molecule has 1 aromatic carbocycles. The molecule has 0 unspecified atom stereocenters. The van der Waals surface area contributed by atoms with Gasteiger partial charge in [0.2, 0.25) is 5.78 Å². The zero-order valence-electron chi connectivity index (χ0n) is 13.2. The predicted molar refractivity (Wildman–Crippen MR) is 91.2 cm³/mol. The van der Waals surface area contributed by atoms with Gasteiger partial charge in [-0.1, -0.05) is 43.0 Å². The zero-order chi connectivity index (χ0) is 17.6. The van der Waals surface area contributed by atoms with Gasteiger partial charge < -0.3 is 9.14 Å². The van der Waals surface area contributed by atoms with Gasteiger partial charge in [0.05, 0.1) is 16.6 Å². The second kappa shape index (κ2) is 5.56. The monoisotopic (exact) mass is 331 g/mol. The molecule has 2 aromatic heterocycles. The first-order chi connectivity index (χ1) is 12.1. The fourth-order valence-electron chi connectivity index (χ4n) is 3.21. The molecule has 0 atom stereocenters. The third-order valence-electron chi connectivity index (χ3n) is 4.24. The minimum atomic E-state index is -0.648. The SMILES string of the molecule is C=CCOC(=O)c1c2c(n3ccccc13)C(=O)c1ccccc1C2=O. The Morgan fingerprint density at radius 2 is 1.72 bits per heavy atom. The molecule has 5 heteroatoms. The molecule has 0 saturated carbocycles. The largest absolute Gasteiger partial charge is 0.458 e. The summed E-state index contributed by atoms with van der Waals surface area (Å²) in [6.07, 6.45) is 3.11. The van der Waals surface area contributed by atoms with Crippen molar-refractivity contribution in [2.75, 3.05) is 6.61 Å². The molecule has 1 aliphatic rings. The molecular weight excluding hydrogens is 318 g/mol. The molecular formula is C20H13NO4. The minimum absolute atomic E-state index is 0.0243. The van der Waals surface area contributed by atoms with Crippen LogP contribution in [0.2, 0.25) is 0 Å². The van der Waals surface area contributed by atoms with Gasteiger partial charge >= 0.3 is 5.97 Å². The van der Waals surface area contributed by atoms with Crippen molar-refractivity contribution in [3.8, 4) is 0 Å². The highest BCUT2D eigenvalue weighted by Gasteiger charge is 2.38. The van der Waals surface area contributed by atoms with Crippen molar-refractivity contribution in [2.45, 2.75) is 0 Å². The van der Waals surface area contributed by atoms with Gasteiger partial charge in [0.1, 0.15) is 12.3 Å². The van der Waals surface area contributed by atoms with Crippen LogP contribution in [0.4, 0.5) is 0 Å². The number of pyridine rings is 1. The lowest BCUT2D eigenvalue weighted by molar-refractivity contribution is 0.0549. The number of hydrogen-bond acceptors (Lipinski definition) is 4. The number of aromatic nitrogens is 1. The Bertz CT molecular complexity index is 1070. The topological polar surface area (TPSA) is 64.8 Å². The van der Waals surface area contributed by atoms with Gasteiger partial charge in [-0.15, -0.1) is 0 Å². The zero-order valence-corrected chi connectivity index (χ0v) is 13.2. The van der Waals surface area contributed by atoms with E-state index < -0.39 is 5.97 Å². The lowest BCUT2D eigenvalue weighted by atomic mass is 9.86. The second-order valence-corrected chi connectivity index (χ2v) is 5.65. The van der Waals surface area contributed by atoms with E-state index in [1.165, 1.54) is 6.08 Å². The molecule has 0 bridgehead atoms. The van der Waals surface area contributed by atoms with Gasteiger partial charge in [0.15, 0.2) is 5.78 Å². The molecule has 3 aromatic rings. The predicted octanol–water partition coefficient (Wildman–Crippen LogP) is 3.06. The van der Waals surface area contributed by atoms with E-state index in [4.69, 9.17) is 4.74 Å². The standard InChI is InChI=1S/C20H13NO4/c1-2-11-25-20(24)15-14-9-5-6-10-21(14)17-16(15)18(22)12-7-3-4-8-13(12)19(17)23/h2-10H,1,11H2. The molecule has 0 fully saturated rings. The van der Waals surface area contributed by atoms with Crippen LogP contribution in [0.5, 0.6) is 0 Å². The van der Waals surface area contributed by atoms with Crippen LogP contribution in [0.15, 0.2) is 61.3 Å². The van der Waals surface area contributed by atoms with E-state index in [1.54, 1.807) is 53.1 Å². The fourth-order valence-corrected chi connectivity index (χ4v) is 3.21. The Kier molecular flexibility index (Phi) is 3.35. The fraction of sp³-hybridized carbons (Fsp3) is 0.0500. The molecule has 0 aliphatic heterocycles. The molecule has 0 spiro atoms. The summed E-state index contributed by atoms with van der Waals surface area (Å²) in [6, 6.07) is 11.8. The Labute approximate surface area is 143 Å². The number of rotatable bonds is 3. The molecule has 0 radical (unpaired) electrons. The summed E-state index contributed by atoms with van der Waals surface area (Å²) in [4.78, 5) is 38.6. The van der Waals surface area contributed by atoms with Crippen molar-refractivity contribution in [1.29, 1.82) is 0 Å². The van der Waals surface area contributed by atoms with Crippen LogP contribution in [0.1, 0.15) is 42.3 Å². The molecule has 122 valence electrons. The Morgan fingerprint density at radius 3 is 2.44 bits per heavy atom. The maximum Gasteiger partial charge on any atom is 0.341 e. The van der Waals surface area contributed by atoms with Gasteiger partial charge in [-0.25, -0.2) is 4.79 Å². The number of ether oxygens (including phenoxy) is 1. The molecule has 25 heavy (non-hydrogen) atoms. The van der Waals surface area contributed by atoms with Gasteiger partial charge in [0.25, 0.3) is 0 Å². The van der Waals surface area contributed by atoms with E-state index in [0.29, 0.717) is 16.6 Å². The van der Waals surface area contributed by atoms with Crippen LogP contribution in [0, 0.1) is 0 Å². The van der Waals surface area contributed by atoms with E-state index in [2.05, 4.69) is 6.58 Å². The average Bonchev–Trinajstić information content (AvgIpc) is 3.00. The van der Waals surface area contributed by atoms with Crippen LogP contribution in [0.3, 0.4) is 0 Å². The minimum Gasteiger partial charge on any atom is -0.458 e. The van der Waals surface area contributed by atoms with Crippen LogP contribution in [0.25, 0.3) is 5.52 Å². The molecule has 0 saturated heterocycles. The van der Waals surface area contributed by atoms with Gasteiger partial charge in [0, 0.05) is 17.3 Å². The summed E-state index contributed by atoms with van der Waals surface area (Å²) in [6.45, 7) is 3.54. The van der Waals surface area contributed by atoms with Crippen molar-refractivity contribution >= 4 is 23.1 Å². The van der Waals surface area contributed by atoms with E-state index in [-0.39, 0.29) is 35.0 Å². The summed E-state index contributed by atoms with van der Waals surface area (Å²) >= 11 is 0. The van der Waals surface area contributed by atoms with Crippen molar-refractivity contribution in [3.05, 3.63) is 89.3 Å².